The van der Waals surface area contributed by atoms with E-state index in [4.69, 9.17) is 14.2 Å². The van der Waals surface area contributed by atoms with Gasteiger partial charge in [-0.25, -0.2) is 13.2 Å². The monoisotopic (exact) mass is 405 g/mol. The summed E-state index contributed by atoms with van der Waals surface area (Å²) < 4.78 is 42.9. The van der Waals surface area contributed by atoms with E-state index in [0.29, 0.717) is 18.0 Å². The Hall–Kier alpha value is -2.58. The van der Waals surface area contributed by atoms with Crippen LogP contribution in [0, 0.1) is 0 Å². The van der Waals surface area contributed by atoms with Gasteiger partial charge in [0.2, 0.25) is 0 Å². The number of esters is 1. The third-order valence-corrected chi connectivity index (χ3v) is 6.38. The highest BCUT2D eigenvalue weighted by Gasteiger charge is 2.24. The summed E-state index contributed by atoms with van der Waals surface area (Å²) in [6.07, 6.45) is 1.78. The maximum absolute atomic E-state index is 12.9. The number of methoxy groups -OCH3 is 1. The molecule has 28 heavy (non-hydrogen) atoms. The Morgan fingerprint density at radius 1 is 1.18 bits per heavy atom. The summed E-state index contributed by atoms with van der Waals surface area (Å²) in [5.74, 6) is -0.0552. The predicted octanol–water partition coefficient (Wildman–Crippen LogP) is 2.86. The van der Waals surface area contributed by atoms with Crippen LogP contribution < -0.4 is 9.04 Å². The van der Waals surface area contributed by atoms with Crippen LogP contribution in [-0.2, 0) is 19.5 Å². The first kappa shape index (κ1) is 20.2. The number of rotatable bonds is 7. The fourth-order valence-electron chi connectivity index (χ4n) is 2.97. The molecule has 1 aliphatic rings. The van der Waals surface area contributed by atoms with Crippen molar-refractivity contribution in [2.24, 2.45) is 0 Å². The Kier molecular flexibility index (Phi) is 6.21. The van der Waals surface area contributed by atoms with Crippen LogP contribution in [0.1, 0.15) is 23.2 Å². The van der Waals surface area contributed by atoms with Crippen molar-refractivity contribution in [2.75, 3.05) is 31.7 Å². The van der Waals surface area contributed by atoms with Crippen LogP contribution in [0.4, 0.5) is 5.69 Å². The molecule has 1 saturated heterocycles. The normalized spacial score (nSPS) is 16.6. The Bertz CT molecular complexity index is 920. The SMILES string of the molecule is COc1ccccc1N(C)S(=O)(=O)c1ccc(C(=O)OCC2CCCO2)cc1. The summed E-state index contributed by atoms with van der Waals surface area (Å²) in [4.78, 5) is 12.2. The van der Waals surface area contributed by atoms with Gasteiger partial charge in [0.05, 0.1) is 29.4 Å². The third-order valence-electron chi connectivity index (χ3n) is 4.60. The van der Waals surface area contributed by atoms with Gasteiger partial charge in [0.1, 0.15) is 12.4 Å². The van der Waals surface area contributed by atoms with Crippen LogP contribution in [0.5, 0.6) is 5.75 Å². The first-order valence-electron chi connectivity index (χ1n) is 8.94. The quantitative estimate of drug-likeness (QED) is 0.659. The van der Waals surface area contributed by atoms with E-state index >= 15 is 0 Å². The second kappa shape index (κ2) is 8.62. The van der Waals surface area contributed by atoms with E-state index < -0.39 is 16.0 Å². The van der Waals surface area contributed by atoms with E-state index in [9.17, 15) is 13.2 Å². The molecule has 0 aliphatic carbocycles. The predicted molar refractivity (Wildman–Crippen MR) is 104 cm³/mol. The van der Waals surface area contributed by atoms with Gasteiger partial charge in [-0.15, -0.1) is 0 Å². The molecular formula is C20H23NO6S. The van der Waals surface area contributed by atoms with Crippen molar-refractivity contribution in [2.45, 2.75) is 23.8 Å². The number of anilines is 1. The second-order valence-electron chi connectivity index (χ2n) is 6.40. The fraction of sp³-hybridized carbons (Fsp3) is 0.350. The molecule has 0 amide bonds. The van der Waals surface area contributed by atoms with E-state index in [-0.39, 0.29) is 23.2 Å². The van der Waals surface area contributed by atoms with Crippen LogP contribution in [0.25, 0.3) is 0 Å². The highest BCUT2D eigenvalue weighted by Crippen LogP contribution is 2.30. The number of nitrogens with zero attached hydrogens (tertiary/aromatic N) is 1. The summed E-state index contributed by atoms with van der Waals surface area (Å²) in [6.45, 7) is 0.893. The Labute approximate surface area is 164 Å². The number of sulfonamides is 1. The molecule has 8 heteroatoms. The zero-order valence-corrected chi connectivity index (χ0v) is 16.6. The van der Waals surface area contributed by atoms with Gasteiger partial charge in [-0.05, 0) is 49.2 Å². The van der Waals surface area contributed by atoms with Crippen molar-refractivity contribution in [3.05, 3.63) is 54.1 Å². The van der Waals surface area contributed by atoms with Gasteiger partial charge in [-0.1, -0.05) is 12.1 Å². The number of ether oxygens (including phenoxy) is 3. The number of carbonyl (C=O) groups is 1. The molecule has 3 rings (SSSR count). The summed E-state index contributed by atoms with van der Waals surface area (Å²) in [7, 11) is -0.873. The summed E-state index contributed by atoms with van der Waals surface area (Å²) in [6, 6.07) is 12.5. The van der Waals surface area contributed by atoms with Gasteiger partial charge in [-0.3, -0.25) is 4.31 Å². The molecule has 2 aromatic carbocycles. The summed E-state index contributed by atoms with van der Waals surface area (Å²) >= 11 is 0. The van der Waals surface area contributed by atoms with Gasteiger partial charge in [0, 0.05) is 13.7 Å². The lowest BCUT2D eigenvalue weighted by Gasteiger charge is -2.21. The highest BCUT2D eigenvalue weighted by molar-refractivity contribution is 7.92. The fourth-order valence-corrected chi connectivity index (χ4v) is 4.17. The summed E-state index contributed by atoms with van der Waals surface area (Å²) in [5.41, 5.74) is 0.710. The van der Waals surface area contributed by atoms with Gasteiger partial charge < -0.3 is 14.2 Å². The molecule has 1 atom stereocenters. The van der Waals surface area contributed by atoms with Crippen molar-refractivity contribution in [3.8, 4) is 5.75 Å². The van der Waals surface area contributed by atoms with E-state index in [1.165, 1.54) is 38.4 Å². The zero-order chi connectivity index (χ0) is 20.1. The molecule has 0 spiro atoms. The Morgan fingerprint density at radius 3 is 2.54 bits per heavy atom. The minimum absolute atomic E-state index is 0.0573. The molecule has 7 nitrogen and oxygen atoms in total. The maximum atomic E-state index is 12.9. The Balaban J connectivity index is 1.73. The van der Waals surface area contributed by atoms with Crippen LogP contribution in [0.3, 0.4) is 0 Å². The Morgan fingerprint density at radius 2 is 1.89 bits per heavy atom. The van der Waals surface area contributed by atoms with Gasteiger partial charge in [0.15, 0.2) is 0 Å². The number of hydrogen-bond donors (Lipinski definition) is 0. The van der Waals surface area contributed by atoms with E-state index in [2.05, 4.69) is 0 Å². The average molecular weight is 405 g/mol. The average Bonchev–Trinajstić information content (AvgIpc) is 3.25. The zero-order valence-electron chi connectivity index (χ0n) is 15.8. The third kappa shape index (κ3) is 4.28. The first-order chi connectivity index (χ1) is 13.4. The van der Waals surface area contributed by atoms with Crippen molar-refractivity contribution in [1.82, 2.24) is 0 Å². The molecule has 150 valence electrons. The van der Waals surface area contributed by atoms with E-state index in [1.54, 1.807) is 24.3 Å². The number of carbonyl (C=O) groups excluding carboxylic acids is 1. The van der Waals surface area contributed by atoms with Gasteiger partial charge in [0.25, 0.3) is 10.0 Å². The molecule has 1 unspecified atom stereocenters. The maximum Gasteiger partial charge on any atom is 0.338 e. The molecule has 1 heterocycles. The minimum Gasteiger partial charge on any atom is -0.495 e. The molecule has 0 aromatic heterocycles. The first-order valence-corrected chi connectivity index (χ1v) is 10.4. The van der Waals surface area contributed by atoms with Crippen LogP contribution >= 0.6 is 0 Å². The molecular weight excluding hydrogens is 382 g/mol. The molecule has 2 aromatic rings. The molecule has 1 fully saturated rings. The number of hydrogen-bond acceptors (Lipinski definition) is 6. The molecule has 0 bridgehead atoms. The van der Waals surface area contributed by atoms with E-state index in [1.807, 2.05) is 0 Å². The summed E-state index contributed by atoms with van der Waals surface area (Å²) in [5, 5.41) is 0. The standard InChI is InChI=1S/C20H23NO6S/c1-21(18-7-3-4-8-19(18)25-2)28(23,24)17-11-9-15(10-12-17)20(22)27-14-16-6-5-13-26-16/h3-4,7-12,16H,5-6,13-14H2,1-2H3. The minimum atomic E-state index is -3.81. The molecule has 0 radical (unpaired) electrons. The molecule has 1 aliphatic heterocycles. The van der Waals surface area contributed by atoms with Crippen molar-refractivity contribution >= 4 is 21.7 Å². The number of benzene rings is 2. The lowest BCUT2D eigenvalue weighted by Crippen LogP contribution is -2.27. The lowest BCUT2D eigenvalue weighted by atomic mass is 10.2. The van der Waals surface area contributed by atoms with Gasteiger partial charge in [-0.2, -0.15) is 0 Å². The number of para-hydroxylation sites is 2. The van der Waals surface area contributed by atoms with Crippen molar-refractivity contribution < 1.29 is 27.4 Å². The lowest BCUT2D eigenvalue weighted by molar-refractivity contribution is 0.0161. The topological polar surface area (TPSA) is 82.1 Å². The van der Waals surface area contributed by atoms with Crippen LogP contribution in [0.15, 0.2) is 53.4 Å². The largest absolute Gasteiger partial charge is 0.495 e. The second-order valence-corrected chi connectivity index (χ2v) is 8.37. The van der Waals surface area contributed by atoms with Crippen LogP contribution in [-0.4, -0.2) is 47.9 Å². The van der Waals surface area contributed by atoms with Gasteiger partial charge >= 0.3 is 5.97 Å². The van der Waals surface area contributed by atoms with Crippen LogP contribution in [0.2, 0.25) is 0 Å². The van der Waals surface area contributed by atoms with E-state index in [0.717, 1.165) is 17.1 Å². The molecule has 0 saturated carbocycles. The highest BCUT2D eigenvalue weighted by atomic mass is 32.2. The van der Waals surface area contributed by atoms with Crippen molar-refractivity contribution in [3.63, 3.8) is 0 Å². The molecule has 0 N–H and O–H groups in total. The van der Waals surface area contributed by atoms with Crippen molar-refractivity contribution in [1.29, 1.82) is 0 Å². The smallest absolute Gasteiger partial charge is 0.338 e.